The zero-order valence-corrected chi connectivity index (χ0v) is 10.5. The first kappa shape index (κ1) is 15.2. The maximum atomic E-state index is 11.9. The molecule has 1 rings (SSSR count). The van der Waals surface area contributed by atoms with E-state index in [1.165, 1.54) is 10.8 Å². The van der Waals surface area contributed by atoms with Crippen molar-refractivity contribution in [2.24, 2.45) is 5.73 Å². The quantitative estimate of drug-likeness (QED) is 0.888. The van der Waals surface area contributed by atoms with Gasteiger partial charge >= 0.3 is 6.18 Å². The lowest BCUT2D eigenvalue weighted by molar-refractivity contribution is -0.121. The molecule has 0 aliphatic rings. The van der Waals surface area contributed by atoms with Crippen molar-refractivity contribution in [3.05, 3.63) is 28.8 Å². The Morgan fingerprint density at radius 3 is 2.44 bits per heavy atom. The Hall–Kier alpha value is -0.830. The van der Waals surface area contributed by atoms with E-state index in [1.54, 1.807) is 0 Å². The van der Waals surface area contributed by atoms with Crippen LogP contribution in [0.3, 0.4) is 0 Å². The second kappa shape index (κ2) is 5.43. The van der Waals surface area contributed by atoms with Crippen LogP contribution in [0.4, 0.5) is 13.2 Å². The van der Waals surface area contributed by atoms with Gasteiger partial charge in [0.05, 0.1) is 4.90 Å². The number of sulfonamides is 1. The molecule has 0 unspecified atom stereocenters. The third-order valence-corrected chi connectivity index (χ3v) is 3.78. The molecule has 0 spiro atoms. The van der Waals surface area contributed by atoms with E-state index >= 15 is 0 Å². The van der Waals surface area contributed by atoms with Crippen LogP contribution in [0.2, 0.25) is 5.02 Å². The highest BCUT2D eigenvalue weighted by atomic mass is 35.5. The highest BCUT2D eigenvalue weighted by molar-refractivity contribution is 7.89. The Bertz CT molecular complexity index is 531. The molecule has 0 saturated carbocycles. The minimum atomic E-state index is -4.61. The molecule has 0 heterocycles. The van der Waals surface area contributed by atoms with Gasteiger partial charge in [-0.15, -0.1) is 0 Å². The third kappa shape index (κ3) is 4.13. The predicted octanol–water partition coefficient (Wildman–Crippen LogP) is 1.64. The standard InChI is InChI=1S/C9H10ClF3N2O2S/c10-8-2-1-7(3-6(8)4-14)18(16,17)15-5-9(11,12)13/h1-3,15H,4-5,14H2. The number of rotatable bonds is 4. The maximum absolute atomic E-state index is 11.9. The van der Waals surface area contributed by atoms with Gasteiger partial charge in [-0.3, -0.25) is 0 Å². The molecule has 0 bridgehead atoms. The number of benzene rings is 1. The summed E-state index contributed by atoms with van der Waals surface area (Å²) in [7, 11) is -4.23. The Morgan fingerprint density at radius 1 is 1.33 bits per heavy atom. The van der Waals surface area contributed by atoms with Crippen molar-refractivity contribution < 1.29 is 21.6 Å². The smallest absolute Gasteiger partial charge is 0.326 e. The molecule has 1 aromatic carbocycles. The summed E-state index contributed by atoms with van der Waals surface area (Å²) < 4.78 is 60.4. The lowest BCUT2D eigenvalue weighted by Crippen LogP contribution is -2.33. The van der Waals surface area contributed by atoms with Crippen molar-refractivity contribution in [1.82, 2.24) is 4.72 Å². The van der Waals surface area contributed by atoms with Crippen molar-refractivity contribution in [2.75, 3.05) is 6.54 Å². The second-order valence-corrected chi connectivity index (χ2v) is 5.57. The normalized spacial score (nSPS) is 12.7. The average molecular weight is 303 g/mol. The van der Waals surface area contributed by atoms with Gasteiger partial charge in [0, 0.05) is 11.6 Å². The summed E-state index contributed by atoms with van der Waals surface area (Å²) in [6, 6.07) is 3.52. The monoisotopic (exact) mass is 302 g/mol. The number of alkyl halides is 3. The minimum Gasteiger partial charge on any atom is -0.326 e. The first-order chi connectivity index (χ1) is 8.15. The summed E-state index contributed by atoms with van der Waals surface area (Å²) in [5, 5.41) is 0.257. The molecule has 9 heteroatoms. The number of nitrogens with one attached hydrogen (secondary N) is 1. The molecule has 0 radical (unpaired) electrons. The zero-order valence-electron chi connectivity index (χ0n) is 8.96. The molecule has 0 atom stereocenters. The largest absolute Gasteiger partial charge is 0.402 e. The summed E-state index contributed by atoms with van der Waals surface area (Å²) in [5.41, 5.74) is 5.67. The molecule has 0 fully saturated rings. The Labute approximate surface area is 107 Å². The lowest BCUT2D eigenvalue weighted by Gasteiger charge is -2.10. The molecule has 18 heavy (non-hydrogen) atoms. The fraction of sp³-hybridized carbons (Fsp3) is 0.333. The molecule has 102 valence electrons. The fourth-order valence-electron chi connectivity index (χ4n) is 1.13. The van der Waals surface area contributed by atoms with E-state index in [9.17, 15) is 21.6 Å². The summed E-state index contributed by atoms with van der Waals surface area (Å²) in [4.78, 5) is -0.309. The lowest BCUT2D eigenvalue weighted by atomic mass is 10.2. The number of halogens is 4. The molecule has 0 amide bonds. The summed E-state index contributed by atoms with van der Waals surface area (Å²) in [6.45, 7) is -1.64. The number of hydrogen-bond donors (Lipinski definition) is 2. The SMILES string of the molecule is NCc1cc(S(=O)(=O)NCC(F)(F)F)ccc1Cl. The van der Waals surface area contributed by atoms with Crippen LogP contribution in [-0.2, 0) is 16.6 Å². The topological polar surface area (TPSA) is 72.2 Å². The van der Waals surface area contributed by atoms with Crippen LogP contribution in [-0.4, -0.2) is 21.1 Å². The van der Waals surface area contributed by atoms with E-state index < -0.39 is 22.7 Å². The van der Waals surface area contributed by atoms with Crippen LogP contribution in [0.15, 0.2) is 23.1 Å². The van der Waals surface area contributed by atoms with E-state index in [0.717, 1.165) is 12.1 Å². The van der Waals surface area contributed by atoms with Gasteiger partial charge in [-0.25, -0.2) is 13.1 Å². The summed E-state index contributed by atoms with van der Waals surface area (Å²) in [6.07, 6.45) is -4.61. The Morgan fingerprint density at radius 2 is 1.94 bits per heavy atom. The molecule has 0 aliphatic heterocycles. The summed E-state index contributed by atoms with van der Waals surface area (Å²) in [5.74, 6) is 0. The first-order valence-corrected chi connectivity index (χ1v) is 6.57. The molecule has 0 aliphatic carbocycles. The van der Waals surface area contributed by atoms with Crippen molar-refractivity contribution in [3.63, 3.8) is 0 Å². The highest BCUT2D eigenvalue weighted by Gasteiger charge is 2.30. The fourth-order valence-corrected chi connectivity index (χ4v) is 2.39. The van der Waals surface area contributed by atoms with E-state index in [1.807, 2.05) is 0 Å². The van der Waals surface area contributed by atoms with Crippen molar-refractivity contribution >= 4 is 21.6 Å². The predicted molar refractivity (Wildman–Crippen MR) is 60.6 cm³/mol. The van der Waals surface area contributed by atoms with E-state index in [-0.39, 0.29) is 16.5 Å². The molecule has 0 aromatic heterocycles. The molecular formula is C9H10ClF3N2O2S. The molecule has 3 N–H and O–H groups in total. The number of hydrogen-bond acceptors (Lipinski definition) is 3. The third-order valence-electron chi connectivity index (χ3n) is 2.01. The van der Waals surface area contributed by atoms with Gasteiger partial charge in [-0.2, -0.15) is 13.2 Å². The van der Waals surface area contributed by atoms with Gasteiger partial charge in [0.25, 0.3) is 0 Å². The van der Waals surface area contributed by atoms with Crippen LogP contribution in [0.5, 0.6) is 0 Å². The van der Waals surface area contributed by atoms with Crippen molar-refractivity contribution in [3.8, 4) is 0 Å². The molecule has 1 aromatic rings. The van der Waals surface area contributed by atoms with Gasteiger partial charge < -0.3 is 5.73 Å². The maximum Gasteiger partial charge on any atom is 0.402 e. The molecule has 0 saturated heterocycles. The van der Waals surface area contributed by atoms with Crippen LogP contribution >= 0.6 is 11.6 Å². The van der Waals surface area contributed by atoms with E-state index in [2.05, 4.69) is 0 Å². The van der Waals surface area contributed by atoms with Gasteiger partial charge in [0.1, 0.15) is 6.54 Å². The Balaban J connectivity index is 2.99. The van der Waals surface area contributed by atoms with Gasteiger partial charge in [-0.05, 0) is 23.8 Å². The molecule has 4 nitrogen and oxygen atoms in total. The number of nitrogens with two attached hydrogens (primary N) is 1. The van der Waals surface area contributed by atoms with Crippen LogP contribution in [0, 0.1) is 0 Å². The van der Waals surface area contributed by atoms with Gasteiger partial charge in [0.15, 0.2) is 0 Å². The van der Waals surface area contributed by atoms with Crippen LogP contribution in [0.25, 0.3) is 0 Å². The van der Waals surface area contributed by atoms with Gasteiger partial charge in [-0.1, -0.05) is 11.6 Å². The summed E-state index contributed by atoms with van der Waals surface area (Å²) >= 11 is 5.72. The first-order valence-electron chi connectivity index (χ1n) is 4.70. The minimum absolute atomic E-state index is 0.0124. The van der Waals surface area contributed by atoms with Crippen LogP contribution in [0.1, 0.15) is 5.56 Å². The second-order valence-electron chi connectivity index (χ2n) is 3.40. The van der Waals surface area contributed by atoms with E-state index in [4.69, 9.17) is 17.3 Å². The van der Waals surface area contributed by atoms with Gasteiger partial charge in [0.2, 0.25) is 10.0 Å². The van der Waals surface area contributed by atoms with Crippen LogP contribution < -0.4 is 10.5 Å². The van der Waals surface area contributed by atoms with Crippen molar-refractivity contribution in [1.29, 1.82) is 0 Å². The zero-order chi connectivity index (χ0) is 14.0. The average Bonchev–Trinajstić information content (AvgIpc) is 2.26. The Kier molecular flexibility index (Phi) is 4.60. The van der Waals surface area contributed by atoms with E-state index in [0.29, 0.717) is 5.56 Å². The van der Waals surface area contributed by atoms with Crippen molar-refractivity contribution in [2.45, 2.75) is 17.6 Å². The highest BCUT2D eigenvalue weighted by Crippen LogP contribution is 2.21. The molecular weight excluding hydrogens is 293 g/mol.